The number of para-hydroxylation sites is 1. The van der Waals surface area contributed by atoms with Crippen LogP contribution < -0.4 is 0 Å². The summed E-state index contributed by atoms with van der Waals surface area (Å²) in [6.45, 7) is 3.67. The molecule has 0 spiro atoms. The van der Waals surface area contributed by atoms with Crippen LogP contribution in [0.2, 0.25) is 0 Å². The monoisotopic (exact) mass is 320 g/mol. The molecule has 2 aromatic carbocycles. The highest BCUT2D eigenvalue weighted by atomic mass is 19.1. The molecule has 0 fully saturated rings. The highest BCUT2D eigenvalue weighted by Crippen LogP contribution is 2.30. The number of hydroxylamine groups is 1. The van der Waals surface area contributed by atoms with E-state index in [0.717, 1.165) is 15.6 Å². The molecule has 24 heavy (non-hydrogen) atoms. The van der Waals surface area contributed by atoms with Crippen LogP contribution >= 0.6 is 0 Å². The number of fused-ring (bicyclic) bond motifs is 2. The van der Waals surface area contributed by atoms with E-state index in [1.165, 1.54) is 6.07 Å². The Balaban J connectivity index is 2.01. The Morgan fingerprint density at radius 3 is 2.75 bits per heavy atom. The largest absolute Gasteiger partial charge is 0.623 e. The average Bonchev–Trinajstić information content (AvgIpc) is 2.57. The molecule has 0 unspecified atom stereocenters. The summed E-state index contributed by atoms with van der Waals surface area (Å²) < 4.78 is 15.3. The van der Waals surface area contributed by atoms with Crippen molar-refractivity contribution in [3.05, 3.63) is 82.4 Å². The summed E-state index contributed by atoms with van der Waals surface area (Å²) in [6, 6.07) is 14.6. The van der Waals surface area contributed by atoms with Crippen molar-refractivity contribution in [1.29, 1.82) is 0 Å². The molecule has 120 valence electrons. The second-order valence-corrected chi connectivity index (χ2v) is 6.81. The van der Waals surface area contributed by atoms with Crippen molar-refractivity contribution in [2.24, 2.45) is 0 Å². The summed E-state index contributed by atoms with van der Waals surface area (Å²) >= 11 is 0. The summed E-state index contributed by atoms with van der Waals surface area (Å²) in [6.07, 6.45) is 2.07. The second-order valence-electron chi connectivity index (χ2n) is 6.81. The van der Waals surface area contributed by atoms with Gasteiger partial charge in [-0.25, -0.2) is 4.39 Å². The Hall–Kier alpha value is -2.75. The molecule has 0 saturated carbocycles. The number of hydrogen-bond acceptors (Lipinski definition) is 2. The Morgan fingerprint density at radius 2 is 1.92 bits per heavy atom. The number of benzene rings is 2. The van der Waals surface area contributed by atoms with Crippen molar-refractivity contribution in [3.63, 3.8) is 0 Å². The first-order valence-electron chi connectivity index (χ1n) is 7.95. The van der Waals surface area contributed by atoms with Crippen molar-refractivity contribution in [3.8, 4) is 0 Å². The van der Waals surface area contributed by atoms with Gasteiger partial charge in [0.25, 0.3) is 0 Å². The van der Waals surface area contributed by atoms with Crippen molar-refractivity contribution in [2.45, 2.75) is 25.8 Å². The number of rotatable bonds is 1. The zero-order valence-corrected chi connectivity index (χ0v) is 13.6. The second kappa shape index (κ2) is 5.13. The van der Waals surface area contributed by atoms with Crippen LogP contribution in [0.3, 0.4) is 0 Å². The molecule has 0 atom stereocenters. The van der Waals surface area contributed by atoms with Crippen LogP contribution in [0.4, 0.5) is 4.39 Å². The van der Waals surface area contributed by atoms with Crippen LogP contribution in [0.1, 0.15) is 30.5 Å². The Labute approximate surface area is 139 Å². The number of aromatic nitrogens is 1. The van der Waals surface area contributed by atoms with Gasteiger partial charge >= 0.3 is 0 Å². The molecule has 0 bridgehead atoms. The maximum absolute atomic E-state index is 14.3. The molecular weight excluding hydrogens is 303 g/mol. The average molecular weight is 320 g/mol. The Morgan fingerprint density at radius 1 is 1.12 bits per heavy atom. The number of pyridine rings is 1. The van der Waals surface area contributed by atoms with Crippen molar-refractivity contribution in [2.75, 3.05) is 0 Å². The van der Waals surface area contributed by atoms with Gasteiger partial charge in [0.05, 0.1) is 16.6 Å². The lowest BCUT2D eigenvalue weighted by atomic mass is 9.84. The lowest BCUT2D eigenvalue weighted by molar-refractivity contribution is -0.541. The predicted molar refractivity (Wildman–Crippen MR) is 92.8 cm³/mol. The quantitative estimate of drug-likeness (QED) is 0.501. The number of hydrogen-bond donors (Lipinski definition) is 0. The fourth-order valence-electron chi connectivity index (χ4n) is 3.35. The van der Waals surface area contributed by atoms with E-state index in [1.54, 1.807) is 12.3 Å². The van der Waals surface area contributed by atoms with Crippen LogP contribution in [0.15, 0.2) is 54.7 Å². The van der Waals surface area contributed by atoms with Crippen LogP contribution in [-0.4, -0.2) is 21.0 Å². The summed E-state index contributed by atoms with van der Waals surface area (Å²) in [5.74, 6) is -0.264. The molecule has 0 saturated heterocycles. The molecule has 4 heteroatoms. The van der Waals surface area contributed by atoms with Gasteiger partial charge in [0.15, 0.2) is 5.54 Å². The lowest BCUT2D eigenvalue weighted by Crippen LogP contribution is -2.44. The minimum absolute atomic E-state index is 0.264. The minimum Gasteiger partial charge on any atom is -0.623 e. The van der Waals surface area contributed by atoms with E-state index in [4.69, 9.17) is 0 Å². The SMILES string of the molecule is CC1(C)Cc2c(F)cccc2C(c2cnc3ccccc3c2)=[N+]1[O-]. The van der Waals surface area contributed by atoms with Crippen LogP contribution in [0.5, 0.6) is 0 Å². The molecule has 4 rings (SSSR count). The first-order valence-corrected chi connectivity index (χ1v) is 7.95. The third kappa shape index (κ3) is 2.18. The van der Waals surface area contributed by atoms with Gasteiger partial charge < -0.3 is 5.21 Å². The van der Waals surface area contributed by atoms with E-state index in [0.29, 0.717) is 28.8 Å². The maximum atomic E-state index is 14.3. The maximum Gasteiger partial charge on any atom is 0.228 e. The van der Waals surface area contributed by atoms with Gasteiger partial charge in [-0.1, -0.05) is 24.3 Å². The van der Waals surface area contributed by atoms with E-state index in [2.05, 4.69) is 4.98 Å². The molecular formula is C20H17FN2O. The van der Waals surface area contributed by atoms with Crippen LogP contribution in [0, 0.1) is 11.0 Å². The zero-order chi connectivity index (χ0) is 16.9. The molecule has 0 radical (unpaired) electrons. The molecule has 1 aliphatic heterocycles. The summed E-state index contributed by atoms with van der Waals surface area (Å²) in [5.41, 5.74) is 2.60. The van der Waals surface area contributed by atoms with Gasteiger partial charge in [-0.3, -0.25) is 4.98 Å². The van der Waals surface area contributed by atoms with Gasteiger partial charge in [0.2, 0.25) is 5.71 Å². The normalized spacial score (nSPS) is 16.3. The van der Waals surface area contributed by atoms with Gasteiger partial charge in [0, 0.05) is 37.4 Å². The topological polar surface area (TPSA) is 39.0 Å². The third-order valence-corrected chi connectivity index (χ3v) is 4.60. The highest BCUT2D eigenvalue weighted by Gasteiger charge is 2.39. The first-order chi connectivity index (χ1) is 11.5. The molecule has 1 aliphatic rings. The first kappa shape index (κ1) is 14.8. The van der Waals surface area contributed by atoms with Crippen LogP contribution in [0.25, 0.3) is 10.9 Å². The fourth-order valence-corrected chi connectivity index (χ4v) is 3.35. The van der Waals surface area contributed by atoms with Crippen LogP contribution in [-0.2, 0) is 6.42 Å². The zero-order valence-electron chi connectivity index (χ0n) is 13.6. The fraction of sp³-hybridized carbons (Fsp3) is 0.200. The smallest absolute Gasteiger partial charge is 0.228 e. The standard InChI is InChI=1S/C20H17FN2O/c1-20(2)11-16-15(7-5-8-17(16)21)19(23(20)24)14-10-13-6-3-4-9-18(13)22-12-14/h3-10,12H,11H2,1-2H3. The molecule has 2 heterocycles. The van der Waals surface area contributed by atoms with Crippen molar-refractivity contribution >= 4 is 16.6 Å². The molecule has 0 N–H and O–H groups in total. The molecule has 3 nitrogen and oxygen atoms in total. The summed E-state index contributed by atoms with van der Waals surface area (Å²) in [4.78, 5) is 4.45. The number of nitrogens with zero attached hydrogens (tertiary/aromatic N) is 2. The highest BCUT2D eigenvalue weighted by molar-refractivity contribution is 6.12. The summed E-state index contributed by atoms with van der Waals surface area (Å²) in [7, 11) is 0. The predicted octanol–water partition coefficient (Wildman–Crippen LogP) is 4.06. The molecule has 0 aliphatic carbocycles. The van der Waals surface area contributed by atoms with E-state index in [9.17, 15) is 9.60 Å². The van der Waals surface area contributed by atoms with Crippen molar-refractivity contribution in [1.82, 2.24) is 4.98 Å². The van der Waals surface area contributed by atoms with E-state index in [-0.39, 0.29) is 5.82 Å². The Bertz CT molecular complexity index is 992. The molecule has 0 amide bonds. The summed E-state index contributed by atoms with van der Waals surface area (Å²) in [5, 5.41) is 13.9. The molecule has 1 aromatic heterocycles. The van der Waals surface area contributed by atoms with Gasteiger partial charge in [-0.2, -0.15) is 4.74 Å². The third-order valence-electron chi connectivity index (χ3n) is 4.60. The van der Waals surface area contributed by atoms with Gasteiger partial charge in [-0.15, -0.1) is 0 Å². The van der Waals surface area contributed by atoms with E-state index < -0.39 is 5.54 Å². The van der Waals surface area contributed by atoms with E-state index in [1.807, 2.05) is 50.2 Å². The van der Waals surface area contributed by atoms with E-state index >= 15 is 0 Å². The van der Waals surface area contributed by atoms with Gasteiger partial charge in [-0.05, 0) is 24.3 Å². The van der Waals surface area contributed by atoms with Gasteiger partial charge in [0.1, 0.15) is 5.82 Å². The number of halogens is 1. The molecule has 3 aromatic rings. The minimum atomic E-state index is -0.712. The lowest BCUT2D eigenvalue weighted by Gasteiger charge is -2.32. The van der Waals surface area contributed by atoms with Crippen molar-refractivity contribution < 1.29 is 9.13 Å². The Kier molecular flexibility index (Phi) is 3.17.